The largest absolute Gasteiger partial charge is 0.493 e. The third kappa shape index (κ3) is 5.72. The number of hydrogen-bond donors (Lipinski definition) is 1. The molecule has 1 aromatic rings. The Morgan fingerprint density at radius 1 is 1.12 bits per heavy atom. The number of hydrogen-bond acceptors (Lipinski definition) is 7. The quantitative estimate of drug-likeness (QED) is 0.588. The normalized spacial score (nSPS) is 19.0. The van der Waals surface area contributed by atoms with Gasteiger partial charge in [-0.25, -0.2) is 8.42 Å². The number of ether oxygens (including phenoxy) is 3. The van der Waals surface area contributed by atoms with E-state index < -0.39 is 10.0 Å². The predicted octanol–water partition coefficient (Wildman–Crippen LogP) is 1.72. The molecule has 2 aliphatic heterocycles. The molecular weight excluding hydrogens is 434 g/mol. The maximum absolute atomic E-state index is 13.2. The van der Waals surface area contributed by atoms with Crippen molar-refractivity contribution in [3.05, 3.63) is 17.7 Å². The van der Waals surface area contributed by atoms with Crippen molar-refractivity contribution < 1.29 is 27.4 Å². The molecule has 2 aliphatic rings. The summed E-state index contributed by atoms with van der Waals surface area (Å²) in [5.74, 6) is 0.0823. The van der Waals surface area contributed by atoms with E-state index in [1.54, 1.807) is 0 Å². The van der Waals surface area contributed by atoms with Gasteiger partial charge in [-0.3, -0.25) is 4.79 Å². The van der Waals surface area contributed by atoms with E-state index in [0.29, 0.717) is 13.2 Å². The van der Waals surface area contributed by atoms with Crippen molar-refractivity contribution in [3.63, 3.8) is 0 Å². The zero-order chi connectivity index (χ0) is 23.1. The fourth-order valence-electron chi connectivity index (χ4n) is 4.14. The van der Waals surface area contributed by atoms with Crippen LogP contribution in [0.25, 0.3) is 0 Å². The summed E-state index contributed by atoms with van der Waals surface area (Å²) in [7, 11) is -0.925. The second kappa shape index (κ2) is 11.3. The smallest absolute Gasteiger partial charge is 0.255 e. The van der Waals surface area contributed by atoms with Gasteiger partial charge >= 0.3 is 0 Å². The van der Waals surface area contributed by atoms with Crippen LogP contribution in [0.1, 0.15) is 43.0 Å². The molecule has 0 aromatic heterocycles. The third-order valence-corrected chi connectivity index (χ3v) is 7.93. The van der Waals surface area contributed by atoms with E-state index >= 15 is 0 Å². The van der Waals surface area contributed by atoms with E-state index in [1.807, 2.05) is 0 Å². The number of unbranched alkanes of at least 4 members (excludes halogenated alkanes) is 1. The van der Waals surface area contributed by atoms with Crippen molar-refractivity contribution in [3.8, 4) is 11.5 Å². The van der Waals surface area contributed by atoms with Crippen LogP contribution in [-0.4, -0.2) is 89.7 Å². The van der Waals surface area contributed by atoms with Crippen LogP contribution in [0.3, 0.4) is 0 Å². The molecule has 180 valence electrons. The zero-order valence-electron chi connectivity index (χ0n) is 19.3. The Bertz CT molecular complexity index is 878. The molecule has 32 heavy (non-hydrogen) atoms. The predicted molar refractivity (Wildman–Crippen MR) is 121 cm³/mol. The third-order valence-electron chi connectivity index (χ3n) is 6.06. The molecule has 9 nitrogen and oxygen atoms in total. The number of sulfonamides is 1. The lowest BCUT2D eigenvalue weighted by molar-refractivity contribution is 0.0730. The molecule has 0 atom stereocenters. The zero-order valence-corrected chi connectivity index (χ0v) is 20.1. The molecule has 1 amide bonds. The van der Waals surface area contributed by atoms with Crippen LogP contribution >= 0.6 is 0 Å². The molecule has 1 N–H and O–H groups in total. The molecule has 2 heterocycles. The average molecular weight is 470 g/mol. The van der Waals surface area contributed by atoms with Crippen LogP contribution in [0, 0.1) is 0 Å². The van der Waals surface area contributed by atoms with Gasteiger partial charge in [0.2, 0.25) is 10.0 Å². The minimum atomic E-state index is -3.79. The van der Waals surface area contributed by atoms with Gasteiger partial charge in [0, 0.05) is 38.3 Å². The number of morpholine rings is 1. The highest BCUT2D eigenvalue weighted by Gasteiger charge is 2.31. The van der Waals surface area contributed by atoms with Crippen LogP contribution in [0.5, 0.6) is 11.5 Å². The summed E-state index contributed by atoms with van der Waals surface area (Å²) in [6.45, 7) is 6.39. The topological polar surface area (TPSA) is 97.4 Å². The van der Waals surface area contributed by atoms with Crippen molar-refractivity contribution in [2.24, 2.45) is 0 Å². The van der Waals surface area contributed by atoms with Gasteiger partial charge in [-0.1, -0.05) is 13.3 Å². The van der Waals surface area contributed by atoms with E-state index in [1.165, 1.54) is 43.5 Å². The van der Waals surface area contributed by atoms with Gasteiger partial charge in [-0.2, -0.15) is 4.31 Å². The molecule has 10 heteroatoms. The van der Waals surface area contributed by atoms with Gasteiger partial charge in [0.25, 0.3) is 5.91 Å². The SMILES string of the molecule is CCCCN1CCC(NC(=O)c2cc(S(=O)(=O)N3CCOCC3)cc(OC)c2OC)CC1. The first-order chi connectivity index (χ1) is 15.4. The summed E-state index contributed by atoms with van der Waals surface area (Å²) in [5.41, 5.74) is 0.159. The first-order valence-corrected chi connectivity index (χ1v) is 12.7. The number of carbonyl (C=O) groups is 1. The number of rotatable bonds is 9. The highest BCUT2D eigenvalue weighted by Crippen LogP contribution is 2.35. The van der Waals surface area contributed by atoms with Crippen LogP contribution < -0.4 is 14.8 Å². The number of carbonyl (C=O) groups excluding carboxylic acids is 1. The van der Waals surface area contributed by atoms with E-state index in [4.69, 9.17) is 14.2 Å². The molecule has 0 spiro atoms. The van der Waals surface area contributed by atoms with Crippen molar-refractivity contribution in [1.29, 1.82) is 0 Å². The Labute approximate surface area is 191 Å². The number of nitrogens with zero attached hydrogens (tertiary/aromatic N) is 2. The van der Waals surface area contributed by atoms with Crippen molar-refractivity contribution in [2.75, 3.05) is 60.2 Å². The lowest BCUT2D eigenvalue weighted by atomic mass is 10.0. The van der Waals surface area contributed by atoms with Crippen LogP contribution in [0.15, 0.2) is 17.0 Å². The molecule has 0 bridgehead atoms. The Morgan fingerprint density at radius 2 is 1.81 bits per heavy atom. The number of nitrogens with one attached hydrogen (secondary N) is 1. The van der Waals surface area contributed by atoms with E-state index in [9.17, 15) is 13.2 Å². The summed E-state index contributed by atoms with van der Waals surface area (Å²) in [4.78, 5) is 15.6. The highest BCUT2D eigenvalue weighted by molar-refractivity contribution is 7.89. The fourth-order valence-corrected chi connectivity index (χ4v) is 5.59. The van der Waals surface area contributed by atoms with Gasteiger partial charge in [0.15, 0.2) is 11.5 Å². The van der Waals surface area contributed by atoms with Gasteiger partial charge in [-0.15, -0.1) is 0 Å². The van der Waals surface area contributed by atoms with Crippen molar-refractivity contribution in [1.82, 2.24) is 14.5 Å². The number of likely N-dealkylation sites (tertiary alicyclic amines) is 1. The molecule has 0 radical (unpaired) electrons. The molecule has 2 saturated heterocycles. The second-order valence-electron chi connectivity index (χ2n) is 8.17. The Balaban J connectivity index is 1.80. The summed E-state index contributed by atoms with van der Waals surface area (Å²) < 4.78 is 43.8. The monoisotopic (exact) mass is 469 g/mol. The molecular formula is C22H35N3O6S. The molecule has 0 aliphatic carbocycles. The van der Waals surface area contributed by atoms with Crippen molar-refractivity contribution >= 4 is 15.9 Å². The van der Waals surface area contributed by atoms with Crippen LogP contribution in [-0.2, 0) is 14.8 Å². The standard InChI is InChI=1S/C22H35N3O6S/c1-4-5-8-24-9-6-17(7-10-24)23-22(26)19-15-18(16-20(29-2)21(19)30-3)32(27,28)25-11-13-31-14-12-25/h15-17H,4-14H2,1-3H3,(H,23,26). The molecule has 0 unspecified atom stereocenters. The highest BCUT2D eigenvalue weighted by atomic mass is 32.2. The first kappa shape index (κ1) is 24.8. The van der Waals surface area contributed by atoms with E-state index in [-0.39, 0.29) is 47.0 Å². The first-order valence-electron chi connectivity index (χ1n) is 11.3. The molecule has 1 aromatic carbocycles. The molecule has 2 fully saturated rings. The number of amides is 1. The second-order valence-corrected chi connectivity index (χ2v) is 10.1. The number of benzene rings is 1. The number of methoxy groups -OCH3 is 2. The van der Waals surface area contributed by atoms with E-state index in [0.717, 1.165) is 32.5 Å². The minimum absolute atomic E-state index is 0.0107. The maximum atomic E-state index is 13.2. The lowest BCUT2D eigenvalue weighted by Crippen LogP contribution is -2.45. The molecule has 0 saturated carbocycles. The summed E-state index contributed by atoms with van der Waals surface area (Å²) in [6, 6.07) is 2.83. The fraction of sp³-hybridized carbons (Fsp3) is 0.682. The summed E-state index contributed by atoms with van der Waals surface area (Å²) in [6.07, 6.45) is 4.07. The molecule has 3 rings (SSSR count). The average Bonchev–Trinajstić information content (AvgIpc) is 2.83. The maximum Gasteiger partial charge on any atom is 0.255 e. The van der Waals surface area contributed by atoms with Gasteiger partial charge in [0.05, 0.1) is 37.9 Å². The van der Waals surface area contributed by atoms with Crippen LogP contribution in [0.4, 0.5) is 0 Å². The van der Waals surface area contributed by atoms with E-state index in [2.05, 4.69) is 17.1 Å². The minimum Gasteiger partial charge on any atom is -0.493 e. The van der Waals surface area contributed by atoms with Gasteiger partial charge in [-0.05, 0) is 31.9 Å². The Morgan fingerprint density at radius 3 is 2.41 bits per heavy atom. The van der Waals surface area contributed by atoms with Crippen molar-refractivity contribution in [2.45, 2.75) is 43.5 Å². The lowest BCUT2D eigenvalue weighted by Gasteiger charge is -2.32. The van der Waals surface area contributed by atoms with Gasteiger partial charge in [0.1, 0.15) is 0 Å². The van der Waals surface area contributed by atoms with Gasteiger partial charge < -0.3 is 24.4 Å². The summed E-state index contributed by atoms with van der Waals surface area (Å²) in [5, 5.41) is 3.07. The Kier molecular flexibility index (Phi) is 8.75. The van der Waals surface area contributed by atoms with Crippen LogP contribution in [0.2, 0.25) is 0 Å². The number of piperidine rings is 1. The Hall–Kier alpha value is -1.88. The summed E-state index contributed by atoms with van der Waals surface area (Å²) >= 11 is 0.